The Labute approximate surface area is 155 Å². The molecule has 2 aromatic rings. The van der Waals surface area contributed by atoms with Gasteiger partial charge in [-0.25, -0.2) is 9.78 Å². The molecule has 1 aromatic heterocycles. The Morgan fingerprint density at radius 3 is 2.92 bits per heavy atom. The molecule has 1 N–H and O–H groups in total. The number of para-hydroxylation sites is 1. The number of nitrogens with zero attached hydrogens (tertiary/aromatic N) is 2. The predicted molar refractivity (Wildman–Crippen MR) is 98.6 cm³/mol. The van der Waals surface area contributed by atoms with Crippen LogP contribution in [0.4, 0.5) is 9.93 Å². The third kappa shape index (κ3) is 4.32. The molecule has 0 bridgehead atoms. The Morgan fingerprint density at radius 2 is 2.15 bits per heavy atom. The lowest BCUT2D eigenvalue weighted by Gasteiger charge is -2.26. The van der Waals surface area contributed by atoms with Crippen molar-refractivity contribution >= 4 is 28.5 Å². The van der Waals surface area contributed by atoms with Gasteiger partial charge in [-0.1, -0.05) is 29.5 Å². The van der Waals surface area contributed by atoms with Crippen molar-refractivity contribution in [1.29, 1.82) is 0 Å². The molecule has 1 aromatic carbocycles. The van der Waals surface area contributed by atoms with Crippen LogP contribution < -0.4 is 10.1 Å². The average molecular weight is 375 g/mol. The summed E-state index contributed by atoms with van der Waals surface area (Å²) in [6.45, 7) is 5.07. The summed E-state index contributed by atoms with van der Waals surface area (Å²) in [5.41, 5.74) is 1.92. The molecule has 0 fully saturated rings. The third-order valence-electron chi connectivity index (χ3n) is 4.01. The number of benzene rings is 1. The summed E-state index contributed by atoms with van der Waals surface area (Å²) in [7, 11) is 0. The summed E-state index contributed by atoms with van der Waals surface area (Å²) in [5, 5.41) is 3.11. The van der Waals surface area contributed by atoms with Gasteiger partial charge in [0.05, 0.1) is 18.8 Å². The molecule has 7 nitrogen and oxygen atoms in total. The van der Waals surface area contributed by atoms with Gasteiger partial charge in [-0.15, -0.1) is 0 Å². The minimum atomic E-state index is -0.516. The Morgan fingerprint density at radius 1 is 1.35 bits per heavy atom. The van der Waals surface area contributed by atoms with Crippen molar-refractivity contribution in [2.24, 2.45) is 0 Å². The van der Waals surface area contributed by atoms with E-state index in [4.69, 9.17) is 9.47 Å². The van der Waals surface area contributed by atoms with Crippen LogP contribution in [-0.4, -0.2) is 41.6 Å². The van der Waals surface area contributed by atoms with Crippen LogP contribution in [0.1, 0.15) is 23.1 Å². The first-order valence-electron chi connectivity index (χ1n) is 8.45. The maximum Gasteiger partial charge on any atom is 0.413 e. The zero-order valence-corrected chi connectivity index (χ0v) is 15.6. The van der Waals surface area contributed by atoms with Crippen molar-refractivity contribution in [3.05, 3.63) is 40.4 Å². The zero-order chi connectivity index (χ0) is 18.5. The van der Waals surface area contributed by atoms with E-state index in [1.54, 1.807) is 11.8 Å². The number of fused-ring (bicyclic) bond motifs is 1. The summed E-state index contributed by atoms with van der Waals surface area (Å²) < 4.78 is 10.5. The molecular formula is C18H21N3O4S. The topological polar surface area (TPSA) is 80.8 Å². The van der Waals surface area contributed by atoms with E-state index < -0.39 is 6.09 Å². The first-order chi connectivity index (χ1) is 12.6. The predicted octanol–water partition coefficient (Wildman–Crippen LogP) is 2.98. The molecule has 0 saturated heterocycles. The zero-order valence-electron chi connectivity index (χ0n) is 14.8. The van der Waals surface area contributed by atoms with Crippen molar-refractivity contribution in [2.45, 2.75) is 26.8 Å². The van der Waals surface area contributed by atoms with Gasteiger partial charge in [-0.2, -0.15) is 0 Å². The Hall–Kier alpha value is -2.61. The SMILES string of the molecule is CCOC(=O)Nc1nc2c(s1)CN(C(=O)COc1ccccc1C)CC2. The summed E-state index contributed by atoms with van der Waals surface area (Å²) in [6.07, 6.45) is 0.144. The smallest absolute Gasteiger partial charge is 0.413 e. The van der Waals surface area contributed by atoms with E-state index in [0.29, 0.717) is 31.2 Å². The van der Waals surface area contributed by atoms with Crippen molar-refractivity contribution in [3.8, 4) is 5.75 Å². The van der Waals surface area contributed by atoms with Gasteiger partial charge in [0, 0.05) is 17.8 Å². The van der Waals surface area contributed by atoms with E-state index in [-0.39, 0.29) is 12.5 Å². The van der Waals surface area contributed by atoms with Crippen LogP contribution in [0.25, 0.3) is 0 Å². The van der Waals surface area contributed by atoms with Gasteiger partial charge in [-0.05, 0) is 25.5 Å². The van der Waals surface area contributed by atoms with Crippen molar-refractivity contribution in [1.82, 2.24) is 9.88 Å². The second-order valence-corrected chi connectivity index (χ2v) is 6.94. The maximum atomic E-state index is 12.5. The number of hydrogen-bond acceptors (Lipinski definition) is 6. The highest BCUT2D eigenvalue weighted by molar-refractivity contribution is 7.15. The quantitative estimate of drug-likeness (QED) is 0.869. The number of hydrogen-bond donors (Lipinski definition) is 1. The Bertz CT molecular complexity index is 805. The van der Waals surface area contributed by atoms with E-state index >= 15 is 0 Å². The Kier molecular flexibility index (Phi) is 5.72. The summed E-state index contributed by atoms with van der Waals surface area (Å²) in [5.74, 6) is 0.657. The summed E-state index contributed by atoms with van der Waals surface area (Å²) in [6, 6.07) is 7.62. The number of carbonyl (C=O) groups is 2. The number of aryl methyl sites for hydroxylation is 1. The van der Waals surface area contributed by atoms with Gasteiger partial charge in [0.2, 0.25) is 0 Å². The van der Waals surface area contributed by atoms with E-state index in [9.17, 15) is 9.59 Å². The molecule has 3 rings (SSSR count). The first kappa shape index (κ1) is 18.2. The van der Waals surface area contributed by atoms with E-state index in [2.05, 4.69) is 10.3 Å². The number of anilines is 1. The molecule has 138 valence electrons. The van der Waals surface area contributed by atoms with Gasteiger partial charge < -0.3 is 14.4 Å². The van der Waals surface area contributed by atoms with Crippen LogP contribution in [0.15, 0.2) is 24.3 Å². The number of carbonyl (C=O) groups excluding carboxylic acids is 2. The standard InChI is InChI=1S/C18H21N3O4S/c1-3-24-18(23)20-17-19-13-8-9-21(10-15(13)26-17)16(22)11-25-14-7-5-4-6-12(14)2/h4-7H,3,8-11H2,1-2H3,(H,19,20,23). The monoisotopic (exact) mass is 375 g/mol. The van der Waals surface area contributed by atoms with Crippen LogP contribution in [-0.2, 0) is 22.5 Å². The highest BCUT2D eigenvalue weighted by Gasteiger charge is 2.25. The molecule has 0 spiro atoms. The van der Waals surface area contributed by atoms with Gasteiger partial charge in [-0.3, -0.25) is 10.1 Å². The lowest BCUT2D eigenvalue weighted by Crippen LogP contribution is -2.38. The molecule has 0 aliphatic carbocycles. The molecule has 2 amide bonds. The van der Waals surface area contributed by atoms with Crippen LogP contribution in [0, 0.1) is 6.92 Å². The second kappa shape index (κ2) is 8.18. The largest absolute Gasteiger partial charge is 0.484 e. The minimum Gasteiger partial charge on any atom is -0.484 e. The molecule has 0 radical (unpaired) electrons. The van der Waals surface area contributed by atoms with Gasteiger partial charge in [0.25, 0.3) is 5.91 Å². The number of nitrogens with one attached hydrogen (secondary N) is 1. The number of aromatic nitrogens is 1. The molecule has 26 heavy (non-hydrogen) atoms. The average Bonchev–Trinajstić information content (AvgIpc) is 3.02. The molecular weight excluding hydrogens is 354 g/mol. The van der Waals surface area contributed by atoms with Crippen molar-refractivity contribution < 1.29 is 19.1 Å². The lowest BCUT2D eigenvalue weighted by atomic mass is 10.2. The molecule has 8 heteroatoms. The molecule has 2 heterocycles. The van der Waals surface area contributed by atoms with Crippen molar-refractivity contribution in [3.63, 3.8) is 0 Å². The van der Waals surface area contributed by atoms with Crippen LogP contribution in [0.5, 0.6) is 5.75 Å². The fraction of sp³-hybridized carbons (Fsp3) is 0.389. The molecule has 0 atom stereocenters. The first-order valence-corrected chi connectivity index (χ1v) is 9.27. The lowest BCUT2D eigenvalue weighted by molar-refractivity contribution is -0.134. The normalized spacial score (nSPS) is 13.1. The van der Waals surface area contributed by atoms with Gasteiger partial charge >= 0.3 is 6.09 Å². The van der Waals surface area contributed by atoms with Crippen LogP contribution in [0.3, 0.4) is 0 Å². The highest BCUT2D eigenvalue weighted by atomic mass is 32.1. The molecule has 1 aliphatic rings. The maximum absolute atomic E-state index is 12.5. The minimum absolute atomic E-state index is 0.00687. The molecule has 0 saturated carbocycles. The third-order valence-corrected chi connectivity index (χ3v) is 5.01. The number of thiazole rings is 1. The van der Waals surface area contributed by atoms with Gasteiger partial charge in [0.15, 0.2) is 11.7 Å². The second-order valence-electron chi connectivity index (χ2n) is 5.85. The summed E-state index contributed by atoms with van der Waals surface area (Å²) >= 11 is 1.37. The number of amides is 2. The summed E-state index contributed by atoms with van der Waals surface area (Å²) in [4.78, 5) is 31.1. The fourth-order valence-corrected chi connectivity index (χ4v) is 3.67. The van der Waals surface area contributed by atoms with E-state index in [1.807, 2.05) is 31.2 Å². The van der Waals surface area contributed by atoms with Crippen LogP contribution >= 0.6 is 11.3 Å². The van der Waals surface area contributed by atoms with E-state index in [0.717, 1.165) is 21.9 Å². The highest BCUT2D eigenvalue weighted by Crippen LogP contribution is 2.28. The fourth-order valence-electron chi connectivity index (χ4n) is 2.67. The van der Waals surface area contributed by atoms with E-state index in [1.165, 1.54) is 11.3 Å². The molecule has 0 unspecified atom stereocenters. The molecule has 1 aliphatic heterocycles. The van der Waals surface area contributed by atoms with Gasteiger partial charge in [0.1, 0.15) is 5.75 Å². The number of ether oxygens (including phenoxy) is 2. The van der Waals surface area contributed by atoms with Crippen LogP contribution in [0.2, 0.25) is 0 Å². The Balaban J connectivity index is 1.57. The van der Waals surface area contributed by atoms with Crippen molar-refractivity contribution in [2.75, 3.05) is 25.1 Å². The number of rotatable bonds is 5.